The first-order valence-electron chi connectivity index (χ1n) is 3.62. The molecule has 3 fully saturated rings. The van der Waals surface area contributed by atoms with E-state index in [0.717, 1.165) is 0 Å². The summed E-state index contributed by atoms with van der Waals surface area (Å²) in [5.41, 5.74) is 0. The van der Waals surface area contributed by atoms with Crippen molar-refractivity contribution < 1.29 is 39.2 Å². The van der Waals surface area contributed by atoms with Crippen LogP contribution in [0, 0.1) is 0 Å². The largest absolute Gasteiger partial charge is 1.00 e. The molecule has 4 heteroatoms. The van der Waals surface area contributed by atoms with Gasteiger partial charge in [0.2, 0.25) is 0 Å². The number of piperazine rings is 3. The van der Waals surface area contributed by atoms with Gasteiger partial charge in [-0.15, -0.1) is 0 Å². The lowest BCUT2D eigenvalue weighted by molar-refractivity contribution is -1.06. The molecule has 0 saturated carbocycles. The summed E-state index contributed by atoms with van der Waals surface area (Å²) in [5.74, 6) is 0. The summed E-state index contributed by atoms with van der Waals surface area (Å²) < 4.78 is 0. The fraction of sp³-hybridized carbons (Fsp3) is 1.00. The summed E-state index contributed by atoms with van der Waals surface area (Å²) >= 11 is 0. The van der Waals surface area contributed by atoms with Crippen LogP contribution in [-0.4, -0.2) is 39.3 Å². The highest BCUT2D eigenvalue weighted by Gasteiger charge is 2.29. The monoisotopic (exact) mass is 228 g/mol. The SMILES string of the molecule is C1C[NH+]2CC[NH+]1CC2.[Br-].[Cl-]. The zero-order valence-corrected chi connectivity index (χ0v) is 8.34. The number of fused-ring (bicyclic) bond motifs is 3. The van der Waals surface area contributed by atoms with Crippen LogP contribution < -0.4 is 39.2 Å². The van der Waals surface area contributed by atoms with Gasteiger partial charge >= 0.3 is 0 Å². The first-order chi connectivity index (χ1) is 3.95. The molecule has 0 unspecified atom stereocenters. The average Bonchev–Trinajstić information content (AvgIpc) is 1.92. The summed E-state index contributed by atoms with van der Waals surface area (Å²) in [6.45, 7) is 8.64. The number of nitrogens with one attached hydrogen (secondary N) is 2. The molecule has 3 heterocycles. The Morgan fingerprint density at radius 1 is 0.600 bits per heavy atom. The van der Waals surface area contributed by atoms with Crippen molar-refractivity contribution in [3.8, 4) is 0 Å². The van der Waals surface area contributed by atoms with Crippen LogP contribution in [-0.2, 0) is 0 Å². The fourth-order valence-corrected chi connectivity index (χ4v) is 1.81. The van der Waals surface area contributed by atoms with E-state index in [4.69, 9.17) is 0 Å². The van der Waals surface area contributed by atoms with Crippen LogP contribution in [0.15, 0.2) is 0 Å². The molecule has 0 aromatic carbocycles. The summed E-state index contributed by atoms with van der Waals surface area (Å²) in [6, 6.07) is 0. The summed E-state index contributed by atoms with van der Waals surface area (Å²) in [7, 11) is 0. The van der Waals surface area contributed by atoms with Gasteiger partial charge in [-0.2, -0.15) is 0 Å². The van der Waals surface area contributed by atoms with E-state index < -0.39 is 0 Å². The van der Waals surface area contributed by atoms with Gasteiger partial charge in [0.25, 0.3) is 0 Å². The Hall–Kier alpha value is 0.690. The van der Waals surface area contributed by atoms with Crippen molar-refractivity contribution in [1.82, 2.24) is 0 Å². The number of hydrogen-bond acceptors (Lipinski definition) is 0. The molecule has 3 rings (SSSR count). The predicted molar refractivity (Wildman–Crippen MR) is 31.1 cm³/mol. The zero-order valence-electron chi connectivity index (χ0n) is 6.00. The van der Waals surface area contributed by atoms with E-state index in [1.54, 1.807) is 0 Å². The van der Waals surface area contributed by atoms with Crippen LogP contribution in [0.5, 0.6) is 0 Å². The topological polar surface area (TPSA) is 8.88 Å². The Morgan fingerprint density at radius 2 is 0.800 bits per heavy atom. The molecule has 10 heavy (non-hydrogen) atoms. The maximum atomic E-state index is 1.85. The minimum atomic E-state index is 0. The van der Waals surface area contributed by atoms with Gasteiger partial charge in [-0.25, -0.2) is 0 Å². The normalized spacial score (nSPS) is 36.0. The molecule has 0 aromatic heterocycles. The van der Waals surface area contributed by atoms with Crippen LogP contribution >= 0.6 is 0 Å². The van der Waals surface area contributed by atoms with Crippen molar-refractivity contribution in [1.29, 1.82) is 0 Å². The highest BCUT2D eigenvalue weighted by molar-refractivity contribution is 4.43. The summed E-state index contributed by atoms with van der Waals surface area (Å²) in [4.78, 5) is 3.69. The van der Waals surface area contributed by atoms with E-state index in [1.807, 2.05) is 9.80 Å². The minimum absolute atomic E-state index is 0. The Bertz CT molecular complexity index is 70.7. The number of halogens is 2. The molecular weight excluding hydrogens is 215 g/mol. The lowest BCUT2D eigenvalue weighted by atomic mass is 10.2. The van der Waals surface area contributed by atoms with Gasteiger partial charge in [0.15, 0.2) is 0 Å². The van der Waals surface area contributed by atoms with Gasteiger partial charge in [-0.05, 0) is 0 Å². The van der Waals surface area contributed by atoms with Gasteiger partial charge < -0.3 is 39.2 Å². The van der Waals surface area contributed by atoms with Crippen molar-refractivity contribution in [2.24, 2.45) is 0 Å². The second kappa shape index (κ2) is 4.54. The van der Waals surface area contributed by atoms with Crippen LogP contribution in [0.25, 0.3) is 0 Å². The molecule has 2 nitrogen and oxygen atoms in total. The number of rotatable bonds is 0. The molecule has 0 radical (unpaired) electrons. The average molecular weight is 230 g/mol. The van der Waals surface area contributed by atoms with Crippen LogP contribution in [0.4, 0.5) is 0 Å². The quantitative estimate of drug-likeness (QED) is 0.408. The van der Waals surface area contributed by atoms with Gasteiger partial charge in [-0.3, -0.25) is 0 Å². The maximum absolute atomic E-state index is 1.85. The van der Waals surface area contributed by atoms with E-state index in [-0.39, 0.29) is 29.4 Å². The van der Waals surface area contributed by atoms with E-state index in [2.05, 4.69) is 0 Å². The van der Waals surface area contributed by atoms with Gasteiger partial charge in [-0.1, -0.05) is 0 Å². The van der Waals surface area contributed by atoms with Crippen molar-refractivity contribution in [3.63, 3.8) is 0 Å². The van der Waals surface area contributed by atoms with Crippen molar-refractivity contribution in [3.05, 3.63) is 0 Å². The molecule has 2 N–H and O–H groups in total. The Balaban J connectivity index is 0.000000405. The first kappa shape index (κ1) is 10.7. The molecule has 0 aromatic rings. The summed E-state index contributed by atoms with van der Waals surface area (Å²) in [5, 5.41) is 0. The summed E-state index contributed by atoms with van der Waals surface area (Å²) in [6.07, 6.45) is 0. The third kappa shape index (κ3) is 2.09. The molecule has 3 saturated heterocycles. The van der Waals surface area contributed by atoms with E-state index in [9.17, 15) is 0 Å². The maximum Gasteiger partial charge on any atom is 0.127 e. The number of hydrogen-bond donors (Lipinski definition) is 2. The highest BCUT2D eigenvalue weighted by Crippen LogP contribution is 1.64. The minimum Gasteiger partial charge on any atom is -1.00 e. The standard InChI is InChI=1S/C6H12N2.BrH.ClH/c1-2-8-5-3-7(1)4-6-8;;/h1-6H2;2*1H. The molecule has 62 valence electrons. The second-order valence-corrected chi connectivity index (χ2v) is 3.00. The van der Waals surface area contributed by atoms with E-state index >= 15 is 0 Å². The third-order valence-electron chi connectivity index (χ3n) is 2.50. The smallest absolute Gasteiger partial charge is 0.127 e. The molecular formula is C6H14BrClN2. The van der Waals surface area contributed by atoms with Crippen LogP contribution in [0.3, 0.4) is 0 Å². The van der Waals surface area contributed by atoms with E-state index in [0.29, 0.717) is 0 Å². The van der Waals surface area contributed by atoms with Crippen molar-refractivity contribution in [2.45, 2.75) is 0 Å². The molecule has 0 atom stereocenters. The molecule has 2 bridgehead atoms. The van der Waals surface area contributed by atoms with E-state index in [1.165, 1.54) is 39.3 Å². The van der Waals surface area contributed by atoms with Crippen molar-refractivity contribution >= 4 is 0 Å². The molecule has 3 aliphatic heterocycles. The van der Waals surface area contributed by atoms with Crippen LogP contribution in [0.1, 0.15) is 0 Å². The Kier molecular flexibility index (Phi) is 4.86. The third-order valence-corrected chi connectivity index (χ3v) is 2.50. The fourth-order valence-electron chi connectivity index (χ4n) is 1.81. The molecule has 0 amide bonds. The van der Waals surface area contributed by atoms with Gasteiger partial charge in [0.05, 0.1) is 0 Å². The van der Waals surface area contributed by atoms with Gasteiger partial charge in [0, 0.05) is 0 Å². The lowest BCUT2D eigenvalue weighted by Crippen LogP contribution is -3.35. The Labute approximate surface area is 78.7 Å². The Morgan fingerprint density at radius 3 is 0.900 bits per heavy atom. The highest BCUT2D eigenvalue weighted by atomic mass is 79.9. The van der Waals surface area contributed by atoms with Crippen molar-refractivity contribution in [2.75, 3.05) is 39.3 Å². The lowest BCUT2D eigenvalue weighted by Gasteiger charge is -2.35. The van der Waals surface area contributed by atoms with Crippen LogP contribution in [0.2, 0.25) is 0 Å². The molecule has 3 aliphatic rings. The second-order valence-electron chi connectivity index (χ2n) is 3.00. The number of quaternary nitrogens is 2. The zero-order chi connectivity index (χ0) is 5.40. The van der Waals surface area contributed by atoms with Gasteiger partial charge in [0.1, 0.15) is 39.3 Å². The first-order valence-corrected chi connectivity index (χ1v) is 3.62. The molecule has 0 aliphatic carbocycles. The molecule has 0 spiro atoms. The predicted octanol–water partition coefficient (Wildman–Crippen LogP) is -9.21.